The van der Waals surface area contributed by atoms with Crippen LogP contribution in [0.3, 0.4) is 0 Å². The minimum absolute atomic E-state index is 0.00253. The molecule has 0 saturated heterocycles. The van der Waals surface area contributed by atoms with Crippen molar-refractivity contribution in [1.82, 2.24) is 10.2 Å². The van der Waals surface area contributed by atoms with E-state index in [0.717, 1.165) is 30.4 Å². The lowest BCUT2D eigenvalue weighted by atomic mass is 10.2. The van der Waals surface area contributed by atoms with Crippen LogP contribution < -0.4 is 10.6 Å². The Morgan fingerprint density at radius 2 is 2.29 bits per heavy atom. The first kappa shape index (κ1) is 14.9. The maximum absolute atomic E-state index is 13.7. The largest absolute Gasteiger partial charge is 0.360 e. The fraction of sp³-hybridized carbons (Fsp3) is 0.231. The van der Waals surface area contributed by atoms with Gasteiger partial charge in [-0.2, -0.15) is 5.26 Å². The van der Waals surface area contributed by atoms with Crippen LogP contribution in [0.5, 0.6) is 0 Å². The van der Waals surface area contributed by atoms with Crippen LogP contribution in [0, 0.1) is 17.1 Å². The van der Waals surface area contributed by atoms with Gasteiger partial charge in [-0.3, -0.25) is 4.79 Å². The van der Waals surface area contributed by atoms with Crippen LogP contribution in [-0.4, -0.2) is 22.6 Å². The number of aromatic nitrogens is 2. The Labute approximate surface area is 124 Å². The van der Waals surface area contributed by atoms with E-state index in [0.29, 0.717) is 5.13 Å². The molecule has 0 atom stereocenters. The normalized spacial score (nSPS) is 9.95. The van der Waals surface area contributed by atoms with Gasteiger partial charge in [-0.05, 0) is 24.6 Å². The standard InChI is InChI=1S/C13H12FN5OS/c1-2-5-16-13-19-18-12(21-13)11(20)17-10-4-3-8(7-15)6-9(10)14/h3-4,6H,2,5H2,1H3,(H,16,19)(H,17,20). The number of halogens is 1. The van der Waals surface area contributed by atoms with Gasteiger partial charge in [0.1, 0.15) is 5.82 Å². The molecule has 1 aromatic heterocycles. The zero-order valence-corrected chi connectivity index (χ0v) is 12.0. The zero-order valence-electron chi connectivity index (χ0n) is 11.2. The van der Waals surface area contributed by atoms with Crippen molar-refractivity contribution in [3.63, 3.8) is 0 Å². The fourth-order valence-corrected chi connectivity index (χ4v) is 2.14. The number of carbonyl (C=O) groups is 1. The SMILES string of the molecule is CCCNc1nnc(C(=O)Nc2ccc(C#N)cc2F)s1. The van der Waals surface area contributed by atoms with Gasteiger partial charge in [0, 0.05) is 6.54 Å². The molecule has 0 aliphatic carbocycles. The topological polar surface area (TPSA) is 90.7 Å². The first-order valence-corrected chi connectivity index (χ1v) is 7.04. The molecular formula is C13H12FN5OS. The Kier molecular flexibility index (Phi) is 4.79. The number of anilines is 2. The summed E-state index contributed by atoms with van der Waals surface area (Å²) >= 11 is 1.09. The van der Waals surface area contributed by atoms with E-state index >= 15 is 0 Å². The third kappa shape index (κ3) is 3.73. The van der Waals surface area contributed by atoms with Crippen LogP contribution in [0.4, 0.5) is 15.2 Å². The summed E-state index contributed by atoms with van der Waals surface area (Å²) in [6.07, 6.45) is 0.928. The number of carbonyl (C=O) groups excluding carboxylic acids is 1. The summed E-state index contributed by atoms with van der Waals surface area (Å²) in [7, 11) is 0. The number of amides is 1. The van der Waals surface area contributed by atoms with Crippen LogP contribution in [0.1, 0.15) is 28.7 Å². The molecule has 0 bridgehead atoms. The highest BCUT2D eigenvalue weighted by molar-refractivity contribution is 7.17. The van der Waals surface area contributed by atoms with Gasteiger partial charge in [0.15, 0.2) is 0 Å². The summed E-state index contributed by atoms with van der Waals surface area (Å²) in [6.45, 7) is 2.75. The van der Waals surface area contributed by atoms with E-state index in [-0.39, 0.29) is 16.3 Å². The van der Waals surface area contributed by atoms with E-state index in [4.69, 9.17) is 5.26 Å². The number of hydrogen-bond donors (Lipinski definition) is 2. The average molecular weight is 305 g/mol. The Balaban J connectivity index is 2.07. The second-order valence-corrected chi connectivity index (χ2v) is 5.08. The molecule has 1 heterocycles. The first-order chi connectivity index (χ1) is 10.1. The molecule has 0 unspecified atom stereocenters. The lowest BCUT2D eigenvalue weighted by Crippen LogP contribution is -2.12. The van der Waals surface area contributed by atoms with Crippen molar-refractivity contribution in [2.45, 2.75) is 13.3 Å². The van der Waals surface area contributed by atoms with Gasteiger partial charge >= 0.3 is 0 Å². The molecule has 0 radical (unpaired) electrons. The summed E-state index contributed by atoms with van der Waals surface area (Å²) in [6, 6.07) is 5.64. The molecule has 1 amide bonds. The number of nitriles is 1. The van der Waals surface area contributed by atoms with Crippen LogP contribution in [0.2, 0.25) is 0 Å². The highest BCUT2D eigenvalue weighted by Crippen LogP contribution is 2.19. The third-order valence-electron chi connectivity index (χ3n) is 2.49. The van der Waals surface area contributed by atoms with Gasteiger partial charge < -0.3 is 10.6 Å². The number of rotatable bonds is 5. The summed E-state index contributed by atoms with van der Waals surface area (Å²) in [5.41, 5.74) is 0.185. The molecular weight excluding hydrogens is 293 g/mol. The molecule has 8 heteroatoms. The monoisotopic (exact) mass is 305 g/mol. The van der Waals surface area contributed by atoms with Gasteiger partial charge in [0.05, 0.1) is 17.3 Å². The van der Waals surface area contributed by atoms with Crippen molar-refractivity contribution in [2.75, 3.05) is 17.2 Å². The van der Waals surface area contributed by atoms with E-state index in [2.05, 4.69) is 20.8 Å². The summed E-state index contributed by atoms with van der Waals surface area (Å²) in [5, 5.41) is 22.3. The van der Waals surface area contributed by atoms with Crippen LogP contribution >= 0.6 is 11.3 Å². The van der Waals surface area contributed by atoms with E-state index in [1.54, 1.807) is 0 Å². The number of benzene rings is 1. The number of nitrogens with one attached hydrogen (secondary N) is 2. The van der Waals surface area contributed by atoms with Crippen LogP contribution in [0.25, 0.3) is 0 Å². The van der Waals surface area contributed by atoms with E-state index in [9.17, 15) is 9.18 Å². The lowest BCUT2D eigenvalue weighted by Gasteiger charge is -2.04. The summed E-state index contributed by atoms with van der Waals surface area (Å²) in [4.78, 5) is 11.9. The quantitative estimate of drug-likeness (QED) is 0.886. The molecule has 2 rings (SSSR count). The molecule has 6 nitrogen and oxygen atoms in total. The lowest BCUT2D eigenvalue weighted by molar-refractivity contribution is 0.102. The van der Waals surface area contributed by atoms with Crippen LogP contribution in [0.15, 0.2) is 18.2 Å². The minimum atomic E-state index is -0.670. The van der Waals surface area contributed by atoms with Crippen molar-refractivity contribution in [2.24, 2.45) is 0 Å². The average Bonchev–Trinajstić information content (AvgIpc) is 2.96. The minimum Gasteiger partial charge on any atom is -0.360 e. The number of nitrogens with zero attached hydrogens (tertiary/aromatic N) is 3. The van der Waals surface area contributed by atoms with E-state index < -0.39 is 11.7 Å². The number of hydrogen-bond acceptors (Lipinski definition) is 6. The molecule has 108 valence electrons. The Bertz CT molecular complexity index is 694. The molecule has 0 aliphatic rings. The predicted octanol–water partition coefficient (Wildman–Crippen LogP) is 2.62. The molecule has 2 aromatic rings. The van der Waals surface area contributed by atoms with Gasteiger partial charge in [-0.25, -0.2) is 4.39 Å². The van der Waals surface area contributed by atoms with Gasteiger partial charge in [0.2, 0.25) is 10.1 Å². The van der Waals surface area contributed by atoms with Gasteiger partial charge in [-0.1, -0.05) is 18.3 Å². The maximum atomic E-state index is 13.7. The summed E-state index contributed by atoms with van der Waals surface area (Å²) in [5.74, 6) is -1.21. The molecule has 0 fully saturated rings. The summed E-state index contributed by atoms with van der Waals surface area (Å²) < 4.78 is 13.7. The zero-order chi connectivity index (χ0) is 15.2. The van der Waals surface area contributed by atoms with Crippen molar-refractivity contribution in [3.8, 4) is 6.07 Å². The van der Waals surface area contributed by atoms with E-state index in [1.165, 1.54) is 12.1 Å². The smallest absolute Gasteiger partial charge is 0.286 e. The van der Waals surface area contributed by atoms with Crippen molar-refractivity contribution in [3.05, 3.63) is 34.6 Å². The predicted molar refractivity (Wildman–Crippen MR) is 77.8 cm³/mol. The molecule has 0 aliphatic heterocycles. The Hall–Kier alpha value is -2.53. The van der Waals surface area contributed by atoms with Gasteiger partial charge in [0.25, 0.3) is 5.91 Å². The molecule has 0 spiro atoms. The highest BCUT2D eigenvalue weighted by Gasteiger charge is 2.15. The fourth-order valence-electron chi connectivity index (χ4n) is 1.48. The molecule has 0 saturated carbocycles. The maximum Gasteiger partial charge on any atom is 0.286 e. The van der Waals surface area contributed by atoms with Crippen molar-refractivity contribution in [1.29, 1.82) is 5.26 Å². The van der Waals surface area contributed by atoms with Crippen molar-refractivity contribution >= 4 is 28.1 Å². The van der Waals surface area contributed by atoms with Crippen LogP contribution in [-0.2, 0) is 0 Å². The second-order valence-electron chi connectivity index (χ2n) is 4.10. The Morgan fingerprint density at radius 3 is 2.95 bits per heavy atom. The molecule has 21 heavy (non-hydrogen) atoms. The Morgan fingerprint density at radius 1 is 1.48 bits per heavy atom. The van der Waals surface area contributed by atoms with E-state index in [1.807, 2.05) is 13.0 Å². The molecule has 2 N–H and O–H groups in total. The second kappa shape index (κ2) is 6.76. The van der Waals surface area contributed by atoms with Gasteiger partial charge in [-0.15, -0.1) is 10.2 Å². The third-order valence-corrected chi connectivity index (χ3v) is 3.37. The van der Waals surface area contributed by atoms with Crippen molar-refractivity contribution < 1.29 is 9.18 Å². The first-order valence-electron chi connectivity index (χ1n) is 6.22. The molecule has 1 aromatic carbocycles. The highest BCUT2D eigenvalue weighted by atomic mass is 32.1.